The summed E-state index contributed by atoms with van der Waals surface area (Å²) >= 11 is 0. The lowest BCUT2D eigenvalue weighted by atomic mass is 10.2. The van der Waals surface area contributed by atoms with Crippen molar-refractivity contribution < 1.29 is 0 Å². The number of rotatable bonds is 2. The fourth-order valence-corrected chi connectivity index (χ4v) is 1.30. The third-order valence-corrected chi connectivity index (χ3v) is 1.97. The molecular formula is C11H13N3. The zero-order valence-electron chi connectivity index (χ0n) is 8.36. The fourth-order valence-electron chi connectivity index (χ4n) is 1.30. The lowest BCUT2D eigenvalue weighted by Gasteiger charge is -2.02. The molecule has 0 unspecified atom stereocenters. The van der Waals surface area contributed by atoms with E-state index < -0.39 is 0 Å². The molecule has 2 aromatic rings. The van der Waals surface area contributed by atoms with Gasteiger partial charge in [-0.05, 0) is 24.3 Å². The minimum absolute atomic E-state index is 0.978. The van der Waals surface area contributed by atoms with E-state index in [0.717, 1.165) is 11.2 Å². The highest BCUT2D eigenvalue weighted by Crippen LogP contribution is 2.19. The summed E-state index contributed by atoms with van der Waals surface area (Å²) in [5.74, 6) is 0. The van der Waals surface area contributed by atoms with E-state index in [1.54, 1.807) is 6.34 Å². The van der Waals surface area contributed by atoms with E-state index in [0.29, 0.717) is 0 Å². The van der Waals surface area contributed by atoms with Crippen molar-refractivity contribution >= 4 is 22.9 Å². The maximum atomic E-state index is 4.32. The summed E-state index contributed by atoms with van der Waals surface area (Å²) in [6.45, 7) is 0. The van der Waals surface area contributed by atoms with Crippen LogP contribution in [0.1, 0.15) is 0 Å². The summed E-state index contributed by atoms with van der Waals surface area (Å²) in [6.07, 6.45) is 3.73. The van der Waals surface area contributed by atoms with Crippen LogP contribution in [0.25, 0.3) is 10.9 Å². The zero-order chi connectivity index (χ0) is 9.97. The molecule has 1 aromatic carbocycles. The topological polar surface area (TPSA) is 31.4 Å². The molecule has 0 amide bonds. The van der Waals surface area contributed by atoms with E-state index >= 15 is 0 Å². The third kappa shape index (κ3) is 1.76. The predicted molar refractivity (Wildman–Crippen MR) is 60.1 cm³/mol. The number of fused-ring (bicyclic) bond motifs is 1. The first kappa shape index (κ1) is 8.81. The molecule has 0 aliphatic carbocycles. The quantitative estimate of drug-likeness (QED) is 0.568. The van der Waals surface area contributed by atoms with E-state index in [1.807, 2.05) is 43.4 Å². The van der Waals surface area contributed by atoms with Gasteiger partial charge in [-0.3, -0.25) is 0 Å². The average Bonchev–Trinajstić information content (AvgIpc) is 2.61. The molecule has 0 aliphatic rings. The van der Waals surface area contributed by atoms with Crippen LogP contribution in [-0.4, -0.2) is 30.3 Å². The highest BCUT2D eigenvalue weighted by Gasteiger charge is 1.94. The Labute approximate surface area is 83.1 Å². The van der Waals surface area contributed by atoms with Gasteiger partial charge in [-0.2, -0.15) is 0 Å². The molecule has 3 heteroatoms. The number of H-pyrrole nitrogens is 1. The molecule has 1 N–H and O–H groups in total. The average molecular weight is 187 g/mol. The Morgan fingerprint density at radius 2 is 2.14 bits per heavy atom. The summed E-state index contributed by atoms with van der Waals surface area (Å²) in [5, 5.41) is 1.19. The highest BCUT2D eigenvalue weighted by molar-refractivity contribution is 5.83. The summed E-state index contributed by atoms with van der Waals surface area (Å²) in [6, 6.07) is 8.15. The summed E-state index contributed by atoms with van der Waals surface area (Å²) in [5.41, 5.74) is 2.12. The van der Waals surface area contributed by atoms with Crippen LogP contribution in [0.5, 0.6) is 0 Å². The Morgan fingerprint density at radius 3 is 2.93 bits per heavy atom. The van der Waals surface area contributed by atoms with Gasteiger partial charge in [0.25, 0.3) is 0 Å². The Hall–Kier alpha value is -1.77. The van der Waals surface area contributed by atoms with Gasteiger partial charge in [0.2, 0.25) is 0 Å². The standard InChI is InChI=1S/C11H13N3/c1-14(2)8-13-10-3-4-11-9(7-10)5-6-12-11/h3-8,12H,1-2H3/b13-8-. The first-order valence-corrected chi connectivity index (χ1v) is 4.53. The minimum Gasteiger partial charge on any atom is -0.369 e. The number of aromatic nitrogens is 1. The molecule has 3 nitrogen and oxygen atoms in total. The minimum atomic E-state index is 0.978. The van der Waals surface area contributed by atoms with Crippen molar-refractivity contribution in [1.29, 1.82) is 0 Å². The van der Waals surface area contributed by atoms with Crippen molar-refractivity contribution in [3.05, 3.63) is 30.5 Å². The Bertz CT molecular complexity index is 454. The number of nitrogens with zero attached hydrogens (tertiary/aromatic N) is 2. The smallest absolute Gasteiger partial charge is 0.0907 e. The fraction of sp³-hybridized carbons (Fsp3) is 0.182. The molecular weight excluding hydrogens is 174 g/mol. The largest absolute Gasteiger partial charge is 0.369 e. The van der Waals surface area contributed by atoms with Gasteiger partial charge in [0.15, 0.2) is 0 Å². The van der Waals surface area contributed by atoms with Crippen LogP contribution < -0.4 is 0 Å². The van der Waals surface area contributed by atoms with Crippen molar-refractivity contribution in [2.75, 3.05) is 14.1 Å². The van der Waals surface area contributed by atoms with Gasteiger partial charge < -0.3 is 9.88 Å². The first-order valence-electron chi connectivity index (χ1n) is 4.53. The molecule has 0 atom stereocenters. The van der Waals surface area contributed by atoms with Gasteiger partial charge in [-0.25, -0.2) is 4.99 Å². The van der Waals surface area contributed by atoms with Gasteiger partial charge in [-0.1, -0.05) is 0 Å². The van der Waals surface area contributed by atoms with Crippen LogP contribution in [0.4, 0.5) is 5.69 Å². The Kier molecular flexibility index (Phi) is 2.23. The normalized spacial score (nSPS) is 11.3. The summed E-state index contributed by atoms with van der Waals surface area (Å²) < 4.78 is 0. The highest BCUT2D eigenvalue weighted by atomic mass is 15.1. The molecule has 1 heterocycles. The molecule has 0 bridgehead atoms. The Balaban J connectivity index is 2.34. The molecule has 2 rings (SSSR count). The van der Waals surface area contributed by atoms with Crippen LogP contribution >= 0.6 is 0 Å². The predicted octanol–water partition coefficient (Wildman–Crippen LogP) is 2.39. The maximum absolute atomic E-state index is 4.32. The van der Waals surface area contributed by atoms with Gasteiger partial charge in [0, 0.05) is 31.2 Å². The number of nitrogens with one attached hydrogen (secondary N) is 1. The second-order valence-electron chi connectivity index (χ2n) is 3.46. The number of aromatic amines is 1. The molecule has 14 heavy (non-hydrogen) atoms. The van der Waals surface area contributed by atoms with Crippen molar-refractivity contribution in [2.24, 2.45) is 4.99 Å². The molecule has 0 spiro atoms. The van der Waals surface area contributed by atoms with E-state index in [1.165, 1.54) is 5.39 Å². The number of benzene rings is 1. The van der Waals surface area contributed by atoms with Crippen LogP contribution in [0.2, 0.25) is 0 Å². The summed E-state index contributed by atoms with van der Waals surface area (Å²) in [4.78, 5) is 9.39. The SMILES string of the molecule is CN(C)/C=N\c1ccc2[nH]ccc2c1. The first-order chi connectivity index (χ1) is 6.75. The lowest BCUT2D eigenvalue weighted by Crippen LogP contribution is -2.06. The maximum Gasteiger partial charge on any atom is 0.0907 e. The van der Waals surface area contributed by atoms with E-state index in [9.17, 15) is 0 Å². The molecule has 0 saturated carbocycles. The van der Waals surface area contributed by atoms with Crippen molar-refractivity contribution in [3.8, 4) is 0 Å². The second-order valence-corrected chi connectivity index (χ2v) is 3.46. The molecule has 72 valence electrons. The molecule has 0 aliphatic heterocycles. The number of hydrogen-bond donors (Lipinski definition) is 1. The van der Waals surface area contributed by atoms with Crippen LogP contribution in [0.3, 0.4) is 0 Å². The Morgan fingerprint density at radius 1 is 1.29 bits per heavy atom. The zero-order valence-corrected chi connectivity index (χ0v) is 8.36. The van der Waals surface area contributed by atoms with Gasteiger partial charge in [0.1, 0.15) is 0 Å². The second kappa shape index (κ2) is 3.54. The van der Waals surface area contributed by atoms with Gasteiger partial charge in [-0.15, -0.1) is 0 Å². The lowest BCUT2D eigenvalue weighted by molar-refractivity contribution is 0.643. The monoisotopic (exact) mass is 187 g/mol. The molecule has 1 aromatic heterocycles. The van der Waals surface area contributed by atoms with Gasteiger partial charge >= 0.3 is 0 Å². The molecule has 0 saturated heterocycles. The summed E-state index contributed by atoms with van der Waals surface area (Å²) in [7, 11) is 3.91. The van der Waals surface area contributed by atoms with E-state index in [4.69, 9.17) is 0 Å². The van der Waals surface area contributed by atoms with Crippen molar-refractivity contribution in [3.63, 3.8) is 0 Å². The van der Waals surface area contributed by atoms with Crippen LogP contribution in [-0.2, 0) is 0 Å². The molecule has 0 radical (unpaired) electrons. The number of aliphatic imine (C=N–C) groups is 1. The van der Waals surface area contributed by atoms with E-state index in [2.05, 4.69) is 16.0 Å². The number of hydrogen-bond acceptors (Lipinski definition) is 1. The van der Waals surface area contributed by atoms with Gasteiger partial charge in [0.05, 0.1) is 12.0 Å². The van der Waals surface area contributed by atoms with Crippen LogP contribution in [0.15, 0.2) is 35.5 Å². The van der Waals surface area contributed by atoms with Crippen molar-refractivity contribution in [2.45, 2.75) is 0 Å². The molecule has 0 fully saturated rings. The third-order valence-electron chi connectivity index (χ3n) is 1.97. The van der Waals surface area contributed by atoms with Crippen molar-refractivity contribution in [1.82, 2.24) is 9.88 Å². The van der Waals surface area contributed by atoms with E-state index in [-0.39, 0.29) is 0 Å². The van der Waals surface area contributed by atoms with Crippen LogP contribution in [0, 0.1) is 0 Å².